The fourth-order valence-electron chi connectivity index (χ4n) is 8.23. The summed E-state index contributed by atoms with van der Waals surface area (Å²) in [6.45, 7) is 9.46. The lowest BCUT2D eigenvalue weighted by molar-refractivity contribution is -0.135. The maximum absolute atomic E-state index is 13.7. The topological polar surface area (TPSA) is 166 Å². The van der Waals surface area contributed by atoms with Crippen molar-refractivity contribution in [2.24, 2.45) is 17.8 Å². The van der Waals surface area contributed by atoms with Crippen LogP contribution in [-0.2, 0) is 16.1 Å². The summed E-state index contributed by atoms with van der Waals surface area (Å²) in [7, 11) is 1.29. The number of ether oxygens (including phenoxy) is 2. The summed E-state index contributed by atoms with van der Waals surface area (Å²) in [5.41, 5.74) is 6.61. The number of nitrogens with one attached hydrogen (secondary N) is 3. The van der Waals surface area contributed by atoms with Gasteiger partial charge in [-0.3, -0.25) is 9.69 Å². The Bertz CT molecular complexity index is 2230. The molecule has 3 amide bonds. The van der Waals surface area contributed by atoms with E-state index in [0.717, 1.165) is 68.3 Å². The van der Waals surface area contributed by atoms with Crippen LogP contribution in [0.15, 0.2) is 48.7 Å². The normalized spacial score (nSPS) is 21.7. The highest BCUT2D eigenvalue weighted by Crippen LogP contribution is 2.44. The first-order valence-electron chi connectivity index (χ1n) is 17.9. The number of hydrogen-bond donors (Lipinski definition) is 4. The molecule has 0 spiro atoms. The molecule has 5 aromatic rings. The first-order valence-corrected chi connectivity index (χ1v) is 17.9. The number of hydrogen-bond acceptors (Lipinski definition) is 7. The lowest BCUT2D eigenvalue weighted by Crippen LogP contribution is -2.51. The van der Waals surface area contributed by atoms with Gasteiger partial charge >= 0.3 is 12.2 Å². The van der Waals surface area contributed by atoms with Crippen molar-refractivity contribution in [3.05, 3.63) is 65.9 Å². The molecule has 13 heteroatoms. The molecule has 8 rings (SSSR count). The van der Waals surface area contributed by atoms with Gasteiger partial charge in [0.25, 0.3) is 0 Å². The number of imidazole rings is 2. The van der Waals surface area contributed by atoms with Crippen molar-refractivity contribution in [3.63, 3.8) is 0 Å². The van der Waals surface area contributed by atoms with Gasteiger partial charge in [-0.25, -0.2) is 19.6 Å². The molecule has 4 N–H and O–H groups in total. The Labute approximate surface area is 300 Å². The van der Waals surface area contributed by atoms with Crippen LogP contribution >= 0.6 is 0 Å². The third-order valence-electron chi connectivity index (χ3n) is 10.8. The second-order valence-electron chi connectivity index (χ2n) is 15.0. The Morgan fingerprint density at radius 3 is 2.44 bits per heavy atom. The van der Waals surface area contributed by atoms with Crippen molar-refractivity contribution < 1.29 is 29.0 Å². The van der Waals surface area contributed by atoms with Gasteiger partial charge in [-0.15, -0.1) is 0 Å². The monoisotopic (exact) mass is 705 g/mol. The van der Waals surface area contributed by atoms with Gasteiger partial charge in [-0.2, -0.15) is 0 Å². The van der Waals surface area contributed by atoms with E-state index in [1.807, 2.05) is 37.1 Å². The molecule has 1 unspecified atom stereocenters. The van der Waals surface area contributed by atoms with E-state index >= 15 is 0 Å². The molecule has 2 saturated heterocycles. The predicted octanol–water partition coefficient (Wildman–Crippen LogP) is 7.02. The average molecular weight is 706 g/mol. The molecule has 0 saturated carbocycles. The Morgan fingerprint density at radius 1 is 0.962 bits per heavy atom. The van der Waals surface area contributed by atoms with Crippen LogP contribution in [0, 0.1) is 17.8 Å². The smallest absolute Gasteiger partial charge is 0.407 e. The van der Waals surface area contributed by atoms with Crippen LogP contribution in [0.5, 0.6) is 5.75 Å². The zero-order valence-electron chi connectivity index (χ0n) is 29.9. The fraction of sp³-hybridized carbons (Fsp3) is 0.410. The SMILES string of the molecule is COC(=O)N[C@H](C(=O)N1CC(C)C[C@H]1c1ncc(-c2ccc3c(c2)COc2cc4c(ccc5[nH]c([C@@H]6C[C@H](C)CN6C(=O)O)nc54)cc2-3)[nH]1)C(C)C. The van der Waals surface area contributed by atoms with Gasteiger partial charge in [0.15, 0.2) is 0 Å². The molecular formula is C39H43N7O6. The molecule has 270 valence electrons. The van der Waals surface area contributed by atoms with Gasteiger partial charge in [0, 0.05) is 24.0 Å². The number of likely N-dealkylation sites (tertiary alicyclic amines) is 2. The van der Waals surface area contributed by atoms with E-state index in [1.54, 1.807) is 0 Å². The Hall–Kier alpha value is -5.59. The Kier molecular flexibility index (Phi) is 8.31. The minimum atomic E-state index is -0.926. The maximum atomic E-state index is 13.7. The molecule has 0 aliphatic carbocycles. The number of nitrogens with zero attached hydrogens (tertiary/aromatic N) is 4. The molecule has 3 aromatic carbocycles. The summed E-state index contributed by atoms with van der Waals surface area (Å²) in [5.74, 6) is 2.43. The van der Waals surface area contributed by atoms with Crippen LogP contribution in [0.2, 0.25) is 0 Å². The lowest BCUT2D eigenvalue weighted by atomic mass is 9.92. The van der Waals surface area contributed by atoms with E-state index in [-0.39, 0.29) is 35.7 Å². The van der Waals surface area contributed by atoms with Crippen LogP contribution in [0.4, 0.5) is 9.59 Å². The zero-order valence-corrected chi connectivity index (χ0v) is 29.9. The number of methoxy groups -OCH3 is 1. The number of carbonyl (C=O) groups excluding carboxylic acids is 2. The molecule has 0 bridgehead atoms. The number of aromatic amines is 2. The molecule has 52 heavy (non-hydrogen) atoms. The summed E-state index contributed by atoms with van der Waals surface area (Å²) >= 11 is 0. The van der Waals surface area contributed by atoms with E-state index in [2.05, 4.69) is 59.5 Å². The standard InChI is InChI=1S/C39H43N7O6/c1-19(2)33(44-38(48)51-5)37(47)45-16-20(3)10-30(45)35-40-15-29(42-35)23-6-8-25-24(12-23)18-52-32-14-26-22(13-27(25)32)7-9-28-34(26)43-36(41-28)31-11-21(4)17-46(31)39(49)50/h6-9,12-15,19-21,30-31,33H,10-11,16-18H2,1-5H3,(H,40,42)(H,41,43)(H,44,48)(H,49,50)/t20?,21-,30-,31-,33-/m0/s1. The van der Waals surface area contributed by atoms with Gasteiger partial charge in [0.1, 0.15) is 30.0 Å². The van der Waals surface area contributed by atoms with Crippen molar-refractivity contribution >= 4 is 39.9 Å². The van der Waals surface area contributed by atoms with Crippen molar-refractivity contribution in [3.8, 4) is 28.1 Å². The van der Waals surface area contributed by atoms with Crippen molar-refractivity contribution in [1.82, 2.24) is 35.1 Å². The van der Waals surface area contributed by atoms with Crippen LogP contribution < -0.4 is 10.1 Å². The Morgan fingerprint density at radius 2 is 1.71 bits per heavy atom. The molecule has 3 aliphatic rings. The second kappa shape index (κ2) is 12.9. The largest absolute Gasteiger partial charge is 0.488 e. The molecule has 2 fully saturated rings. The van der Waals surface area contributed by atoms with Gasteiger partial charge in [-0.05, 0) is 76.9 Å². The van der Waals surface area contributed by atoms with Gasteiger partial charge < -0.3 is 34.8 Å². The summed E-state index contributed by atoms with van der Waals surface area (Å²) in [4.78, 5) is 57.6. The van der Waals surface area contributed by atoms with E-state index in [4.69, 9.17) is 19.4 Å². The molecule has 3 aliphatic heterocycles. The number of benzene rings is 3. The van der Waals surface area contributed by atoms with Gasteiger partial charge in [0.05, 0.1) is 42.1 Å². The quantitative estimate of drug-likeness (QED) is 0.146. The van der Waals surface area contributed by atoms with E-state index in [1.165, 1.54) is 12.0 Å². The number of fused-ring (bicyclic) bond motifs is 6. The molecule has 13 nitrogen and oxygen atoms in total. The highest BCUT2D eigenvalue weighted by molar-refractivity contribution is 6.07. The summed E-state index contributed by atoms with van der Waals surface area (Å²) < 4.78 is 11.1. The molecule has 2 aromatic heterocycles. The highest BCUT2D eigenvalue weighted by atomic mass is 16.5. The highest BCUT2D eigenvalue weighted by Gasteiger charge is 2.40. The molecule has 5 atom stereocenters. The van der Waals surface area contributed by atoms with Crippen molar-refractivity contribution in [2.45, 2.75) is 65.3 Å². The Balaban J connectivity index is 1.06. The molecule has 5 heterocycles. The van der Waals surface area contributed by atoms with Gasteiger partial charge in [-0.1, -0.05) is 45.9 Å². The lowest BCUT2D eigenvalue weighted by Gasteiger charge is -2.30. The number of aromatic nitrogens is 4. The van der Waals surface area contributed by atoms with Crippen LogP contribution in [0.1, 0.15) is 69.8 Å². The van der Waals surface area contributed by atoms with Gasteiger partial charge in [0.2, 0.25) is 5.91 Å². The molecule has 0 radical (unpaired) electrons. The molecular weight excluding hydrogens is 662 g/mol. The van der Waals surface area contributed by atoms with E-state index in [9.17, 15) is 19.5 Å². The minimum Gasteiger partial charge on any atom is -0.488 e. The predicted molar refractivity (Wildman–Crippen MR) is 195 cm³/mol. The summed E-state index contributed by atoms with van der Waals surface area (Å²) in [6.07, 6.45) is 1.75. The number of rotatable bonds is 6. The van der Waals surface area contributed by atoms with E-state index < -0.39 is 18.2 Å². The summed E-state index contributed by atoms with van der Waals surface area (Å²) in [6, 6.07) is 13.3. The third-order valence-corrected chi connectivity index (χ3v) is 10.8. The third kappa shape index (κ3) is 5.77. The van der Waals surface area contributed by atoms with E-state index in [0.29, 0.717) is 31.3 Å². The van der Waals surface area contributed by atoms with Crippen molar-refractivity contribution in [1.29, 1.82) is 0 Å². The number of amides is 3. The number of carboxylic acid groups (broad SMARTS) is 1. The van der Waals surface area contributed by atoms with Crippen LogP contribution in [-0.4, -0.2) is 79.2 Å². The number of alkyl carbamates (subject to hydrolysis) is 1. The minimum absolute atomic E-state index is 0.118. The van der Waals surface area contributed by atoms with Crippen LogP contribution in [0.3, 0.4) is 0 Å². The average Bonchev–Trinajstić information content (AvgIpc) is 3.94. The number of H-pyrrole nitrogens is 2. The number of carbonyl (C=O) groups is 3. The fourth-order valence-corrected chi connectivity index (χ4v) is 8.23. The maximum Gasteiger partial charge on any atom is 0.407 e. The second-order valence-corrected chi connectivity index (χ2v) is 15.0. The summed E-state index contributed by atoms with van der Waals surface area (Å²) in [5, 5.41) is 14.5. The van der Waals surface area contributed by atoms with Crippen LogP contribution in [0.25, 0.3) is 44.2 Å². The first kappa shape index (κ1) is 33.5. The first-order chi connectivity index (χ1) is 25.0. The zero-order chi connectivity index (χ0) is 36.4. The van der Waals surface area contributed by atoms with Crippen molar-refractivity contribution in [2.75, 3.05) is 20.2 Å².